The molecular weight excluding hydrogens is 218 g/mol. The number of ketones is 1. The molecule has 1 aromatic rings. The summed E-state index contributed by atoms with van der Waals surface area (Å²) in [6, 6.07) is 3.51. The second-order valence-corrected chi connectivity index (χ2v) is 4.00. The summed E-state index contributed by atoms with van der Waals surface area (Å²) in [6.07, 6.45) is 3.40. The molecular formula is C12H15N3O2. The third-order valence-electron chi connectivity index (χ3n) is 2.76. The van der Waals surface area contributed by atoms with Crippen molar-refractivity contribution >= 4 is 11.7 Å². The summed E-state index contributed by atoms with van der Waals surface area (Å²) < 4.78 is 0. The molecule has 0 aromatic carbocycles. The molecule has 2 heterocycles. The highest BCUT2D eigenvalue weighted by Gasteiger charge is 2.22. The Labute approximate surface area is 99.8 Å². The number of pyridine rings is 1. The van der Waals surface area contributed by atoms with Crippen LogP contribution in [0, 0.1) is 0 Å². The zero-order chi connectivity index (χ0) is 12.1. The van der Waals surface area contributed by atoms with Crippen LogP contribution in [0.15, 0.2) is 24.5 Å². The van der Waals surface area contributed by atoms with E-state index >= 15 is 0 Å². The van der Waals surface area contributed by atoms with Gasteiger partial charge >= 0.3 is 0 Å². The molecule has 90 valence electrons. The molecule has 0 spiro atoms. The van der Waals surface area contributed by atoms with Gasteiger partial charge in [0.25, 0.3) is 5.91 Å². The van der Waals surface area contributed by atoms with Gasteiger partial charge in [0, 0.05) is 45.0 Å². The quantitative estimate of drug-likeness (QED) is 0.723. The van der Waals surface area contributed by atoms with E-state index in [-0.39, 0.29) is 18.1 Å². The van der Waals surface area contributed by atoms with Gasteiger partial charge in [-0.15, -0.1) is 0 Å². The normalized spacial score (nSPS) is 15.6. The summed E-state index contributed by atoms with van der Waals surface area (Å²) in [5.41, 5.74) is 0.827. The number of aromatic nitrogens is 1. The minimum absolute atomic E-state index is 0.158. The Hall–Kier alpha value is -1.75. The molecule has 1 aliphatic heterocycles. The van der Waals surface area contributed by atoms with Gasteiger partial charge in [-0.05, 0) is 17.7 Å². The molecule has 1 aromatic heterocycles. The maximum Gasteiger partial charge on any atom is 0.290 e. The molecule has 1 saturated heterocycles. The maximum absolute atomic E-state index is 11.8. The molecule has 0 aliphatic carbocycles. The lowest BCUT2D eigenvalue weighted by Crippen LogP contribution is -2.49. The van der Waals surface area contributed by atoms with Crippen molar-refractivity contribution in [2.45, 2.75) is 6.42 Å². The Kier molecular flexibility index (Phi) is 3.82. The molecule has 1 N–H and O–H groups in total. The number of rotatable bonds is 3. The fourth-order valence-corrected chi connectivity index (χ4v) is 1.81. The topological polar surface area (TPSA) is 62.3 Å². The Morgan fingerprint density at radius 1 is 1.24 bits per heavy atom. The van der Waals surface area contributed by atoms with Crippen LogP contribution in [0.1, 0.15) is 5.56 Å². The fraction of sp³-hybridized carbons (Fsp3) is 0.417. The minimum atomic E-state index is -0.372. The van der Waals surface area contributed by atoms with Gasteiger partial charge in [0.2, 0.25) is 5.78 Å². The number of hydrogen-bond donors (Lipinski definition) is 1. The molecule has 2 rings (SSSR count). The van der Waals surface area contributed by atoms with Crippen molar-refractivity contribution < 1.29 is 9.59 Å². The zero-order valence-electron chi connectivity index (χ0n) is 9.56. The van der Waals surface area contributed by atoms with Crippen molar-refractivity contribution in [2.24, 2.45) is 0 Å². The van der Waals surface area contributed by atoms with E-state index in [1.165, 1.54) is 0 Å². The van der Waals surface area contributed by atoms with Crippen LogP contribution in [0.3, 0.4) is 0 Å². The van der Waals surface area contributed by atoms with Crippen molar-refractivity contribution in [3.63, 3.8) is 0 Å². The number of amides is 1. The molecule has 0 radical (unpaired) electrons. The van der Waals surface area contributed by atoms with E-state index in [1.54, 1.807) is 29.4 Å². The van der Waals surface area contributed by atoms with E-state index in [9.17, 15) is 9.59 Å². The van der Waals surface area contributed by atoms with Crippen molar-refractivity contribution in [1.29, 1.82) is 0 Å². The molecule has 1 aliphatic rings. The number of nitrogens with zero attached hydrogens (tertiary/aromatic N) is 2. The number of nitrogens with one attached hydrogen (secondary N) is 1. The van der Waals surface area contributed by atoms with Crippen LogP contribution in [0.4, 0.5) is 0 Å². The van der Waals surface area contributed by atoms with E-state index in [0.29, 0.717) is 13.1 Å². The number of carbonyl (C=O) groups excluding carboxylic acids is 2. The Bertz CT molecular complexity index is 399. The molecule has 0 bridgehead atoms. The van der Waals surface area contributed by atoms with Crippen LogP contribution < -0.4 is 5.32 Å². The second-order valence-electron chi connectivity index (χ2n) is 4.00. The lowest BCUT2D eigenvalue weighted by Gasteiger charge is -2.26. The zero-order valence-corrected chi connectivity index (χ0v) is 9.56. The first-order chi connectivity index (χ1) is 8.27. The highest BCUT2D eigenvalue weighted by Crippen LogP contribution is 2.02. The minimum Gasteiger partial charge on any atom is -0.334 e. The number of hydrogen-bond acceptors (Lipinski definition) is 4. The summed E-state index contributed by atoms with van der Waals surface area (Å²) >= 11 is 0. The Morgan fingerprint density at radius 3 is 2.53 bits per heavy atom. The van der Waals surface area contributed by atoms with E-state index in [2.05, 4.69) is 10.3 Å². The first-order valence-electron chi connectivity index (χ1n) is 5.69. The smallest absolute Gasteiger partial charge is 0.290 e. The lowest BCUT2D eigenvalue weighted by atomic mass is 10.1. The van der Waals surface area contributed by atoms with Gasteiger partial charge in [0.05, 0.1) is 0 Å². The van der Waals surface area contributed by atoms with Crippen LogP contribution in [-0.4, -0.2) is 47.8 Å². The Balaban J connectivity index is 1.93. The van der Waals surface area contributed by atoms with Crippen LogP contribution >= 0.6 is 0 Å². The SMILES string of the molecule is O=C(Cc1ccncc1)C(=O)N1CCNCC1. The average molecular weight is 233 g/mol. The Morgan fingerprint density at radius 2 is 1.88 bits per heavy atom. The summed E-state index contributed by atoms with van der Waals surface area (Å²) in [5, 5.41) is 3.14. The van der Waals surface area contributed by atoms with Crippen LogP contribution in [-0.2, 0) is 16.0 Å². The highest BCUT2D eigenvalue weighted by molar-refractivity contribution is 6.36. The van der Waals surface area contributed by atoms with Crippen LogP contribution in [0.2, 0.25) is 0 Å². The standard InChI is InChI=1S/C12H15N3O2/c16-11(9-10-1-3-13-4-2-10)12(17)15-7-5-14-6-8-15/h1-4,14H,5-9H2. The van der Waals surface area contributed by atoms with E-state index in [4.69, 9.17) is 0 Å². The van der Waals surface area contributed by atoms with Gasteiger partial charge in [0.1, 0.15) is 0 Å². The first-order valence-corrected chi connectivity index (χ1v) is 5.69. The van der Waals surface area contributed by atoms with Crippen molar-refractivity contribution in [3.05, 3.63) is 30.1 Å². The third kappa shape index (κ3) is 3.10. The van der Waals surface area contributed by atoms with Gasteiger partial charge in [-0.25, -0.2) is 0 Å². The van der Waals surface area contributed by atoms with Gasteiger partial charge in [-0.3, -0.25) is 14.6 Å². The van der Waals surface area contributed by atoms with Crippen LogP contribution in [0.25, 0.3) is 0 Å². The van der Waals surface area contributed by atoms with E-state index in [0.717, 1.165) is 18.7 Å². The lowest BCUT2D eigenvalue weighted by molar-refractivity contribution is -0.144. The largest absolute Gasteiger partial charge is 0.334 e. The van der Waals surface area contributed by atoms with Crippen molar-refractivity contribution in [1.82, 2.24) is 15.2 Å². The van der Waals surface area contributed by atoms with E-state index < -0.39 is 0 Å². The molecule has 5 nitrogen and oxygen atoms in total. The van der Waals surface area contributed by atoms with Gasteiger partial charge < -0.3 is 10.2 Å². The molecule has 0 unspecified atom stereocenters. The van der Waals surface area contributed by atoms with Crippen molar-refractivity contribution in [3.8, 4) is 0 Å². The summed E-state index contributed by atoms with van der Waals surface area (Å²) in [7, 11) is 0. The maximum atomic E-state index is 11.8. The predicted molar refractivity (Wildman–Crippen MR) is 62.4 cm³/mol. The number of Topliss-reactive ketones (excluding diaryl/α,β-unsaturated/α-hetero) is 1. The van der Waals surface area contributed by atoms with Gasteiger partial charge in [-0.2, -0.15) is 0 Å². The van der Waals surface area contributed by atoms with Crippen LogP contribution in [0.5, 0.6) is 0 Å². The molecule has 5 heteroatoms. The van der Waals surface area contributed by atoms with Gasteiger partial charge in [-0.1, -0.05) is 0 Å². The summed E-state index contributed by atoms with van der Waals surface area (Å²) in [4.78, 5) is 29.1. The monoisotopic (exact) mass is 233 g/mol. The third-order valence-corrected chi connectivity index (χ3v) is 2.76. The molecule has 0 saturated carbocycles. The highest BCUT2D eigenvalue weighted by atomic mass is 16.2. The fourth-order valence-electron chi connectivity index (χ4n) is 1.81. The predicted octanol–water partition coefficient (Wildman–Crippen LogP) is -0.375. The second kappa shape index (κ2) is 5.54. The molecule has 1 fully saturated rings. The van der Waals surface area contributed by atoms with E-state index in [1.807, 2.05) is 0 Å². The average Bonchev–Trinajstić information content (AvgIpc) is 2.40. The van der Waals surface area contributed by atoms with Gasteiger partial charge in [0.15, 0.2) is 0 Å². The molecule has 1 amide bonds. The number of carbonyl (C=O) groups is 2. The molecule has 17 heavy (non-hydrogen) atoms. The summed E-state index contributed by atoms with van der Waals surface area (Å²) in [5.74, 6) is -0.721. The molecule has 0 atom stereocenters. The first kappa shape index (κ1) is 11.7. The summed E-state index contributed by atoms with van der Waals surface area (Å²) in [6.45, 7) is 2.74. The van der Waals surface area contributed by atoms with Crippen molar-refractivity contribution in [2.75, 3.05) is 26.2 Å². The number of piperazine rings is 1.